The van der Waals surface area contributed by atoms with Crippen molar-refractivity contribution in [1.29, 1.82) is 0 Å². The number of nitrogens with zero attached hydrogens (tertiary/aromatic N) is 1. The van der Waals surface area contributed by atoms with E-state index in [1.165, 1.54) is 35.4 Å². The molecule has 2 aromatic carbocycles. The molecular formula is C24H23F3N2O7S. The van der Waals surface area contributed by atoms with Crippen molar-refractivity contribution < 1.29 is 44.5 Å². The minimum atomic E-state index is -4.71. The third-order valence-corrected chi connectivity index (χ3v) is 6.10. The molecule has 0 saturated heterocycles. The Bertz CT molecular complexity index is 1310. The number of ether oxygens (including phenoxy) is 1. The summed E-state index contributed by atoms with van der Waals surface area (Å²) in [6.45, 7) is 1.60. The quantitative estimate of drug-likeness (QED) is 0.301. The van der Waals surface area contributed by atoms with Crippen LogP contribution in [0.3, 0.4) is 0 Å². The van der Waals surface area contributed by atoms with Gasteiger partial charge in [0.1, 0.15) is 22.9 Å². The zero-order valence-electron chi connectivity index (χ0n) is 19.5. The lowest BCUT2D eigenvalue weighted by Crippen LogP contribution is -2.41. The normalized spacial score (nSPS) is 11.6. The van der Waals surface area contributed by atoms with Crippen LogP contribution in [0.2, 0.25) is 0 Å². The summed E-state index contributed by atoms with van der Waals surface area (Å²) >= 11 is 0. The molecule has 0 aliphatic carbocycles. The van der Waals surface area contributed by atoms with Crippen LogP contribution in [0.4, 0.5) is 18.0 Å². The SMILES string of the molecule is CCOC(=O)CNC(=O)N(Cc1ccc(OS(=O)(=O)c2cccc(C(F)(F)F)c2)cc1)Cc1ccco1. The second-order valence-corrected chi connectivity index (χ2v) is 9.15. The molecule has 9 nitrogen and oxygen atoms in total. The Labute approximate surface area is 210 Å². The fourth-order valence-electron chi connectivity index (χ4n) is 3.14. The first-order valence-electron chi connectivity index (χ1n) is 10.9. The number of carbonyl (C=O) groups is 2. The van der Waals surface area contributed by atoms with Crippen LogP contribution < -0.4 is 9.50 Å². The summed E-state index contributed by atoms with van der Waals surface area (Å²) in [5, 5.41) is 2.46. The van der Waals surface area contributed by atoms with Crippen molar-refractivity contribution in [2.24, 2.45) is 0 Å². The van der Waals surface area contributed by atoms with Crippen LogP contribution in [-0.2, 0) is 38.9 Å². The first kappa shape index (κ1) is 27.6. The summed E-state index contributed by atoms with van der Waals surface area (Å²) in [6.07, 6.45) is -3.27. The number of hydrogen-bond acceptors (Lipinski definition) is 7. The molecule has 0 saturated carbocycles. The van der Waals surface area contributed by atoms with E-state index in [-0.39, 0.29) is 32.0 Å². The standard InChI is InChI=1S/C24H23F3N2O7S/c1-2-34-22(30)14-28-23(31)29(16-20-6-4-12-35-20)15-17-8-10-19(11-9-17)36-37(32,33)21-7-3-5-18(13-21)24(25,26)27/h3-13H,2,14-16H2,1H3,(H,28,31). The summed E-state index contributed by atoms with van der Waals surface area (Å²) in [4.78, 5) is 25.0. The van der Waals surface area contributed by atoms with Gasteiger partial charge in [-0.15, -0.1) is 0 Å². The second kappa shape index (κ2) is 11.8. The lowest BCUT2D eigenvalue weighted by Gasteiger charge is -2.22. The van der Waals surface area contributed by atoms with Gasteiger partial charge < -0.3 is 23.6 Å². The maximum atomic E-state index is 12.9. The predicted molar refractivity (Wildman–Crippen MR) is 124 cm³/mol. The molecule has 0 radical (unpaired) electrons. The summed E-state index contributed by atoms with van der Waals surface area (Å²) in [5.41, 5.74) is -0.549. The Kier molecular flexibility index (Phi) is 8.81. The van der Waals surface area contributed by atoms with Crippen LogP contribution >= 0.6 is 0 Å². The highest BCUT2D eigenvalue weighted by molar-refractivity contribution is 7.87. The van der Waals surface area contributed by atoms with Crippen molar-refractivity contribution in [2.75, 3.05) is 13.2 Å². The Morgan fingerprint density at radius 1 is 1.03 bits per heavy atom. The minimum absolute atomic E-state index is 0.0516. The molecule has 0 bridgehead atoms. The Morgan fingerprint density at radius 2 is 1.76 bits per heavy atom. The lowest BCUT2D eigenvalue weighted by molar-refractivity contribution is -0.142. The molecule has 198 valence electrons. The zero-order valence-corrected chi connectivity index (χ0v) is 20.3. The zero-order chi connectivity index (χ0) is 27.1. The topological polar surface area (TPSA) is 115 Å². The number of nitrogens with one attached hydrogen (secondary N) is 1. The van der Waals surface area contributed by atoms with Gasteiger partial charge in [0.25, 0.3) is 0 Å². The molecule has 3 aromatic rings. The summed E-state index contributed by atoms with van der Waals surface area (Å²) in [5.74, 6) is -0.249. The highest BCUT2D eigenvalue weighted by Crippen LogP contribution is 2.31. The molecule has 0 fully saturated rings. The van der Waals surface area contributed by atoms with E-state index in [2.05, 4.69) is 5.32 Å². The summed E-state index contributed by atoms with van der Waals surface area (Å²) in [6, 6.07) is 11.6. The molecule has 0 aliphatic heterocycles. The van der Waals surface area contributed by atoms with Crippen molar-refractivity contribution in [1.82, 2.24) is 10.2 Å². The summed E-state index contributed by atoms with van der Waals surface area (Å²) in [7, 11) is -4.53. The van der Waals surface area contributed by atoms with Crippen LogP contribution in [0.1, 0.15) is 23.8 Å². The Balaban J connectivity index is 1.71. The van der Waals surface area contributed by atoms with Gasteiger partial charge in [0, 0.05) is 6.54 Å². The van der Waals surface area contributed by atoms with Gasteiger partial charge in [-0.2, -0.15) is 21.6 Å². The number of esters is 1. The highest BCUT2D eigenvalue weighted by Gasteiger charge is 2.32. The van der Waals surface area contributed by atoms with Crippen LogP contribution in [0.5, 0.6) is 5.75 Å². The second-order valence-electron chi connectivity index (χ2n) is 7.61. The van der Waals surface area contributed by atoms with Gasteiger partial charge in [0.2, 0.25) is 0 Å². The predicted octanol–water partition coefficient (Wildman–Crippen LogP) is 4.34. The minimum Gasteiger partial charge on any atom is -0.467 e. The van der Waals surface area contributed by atoms with Crippen molar-refractivity contribution in [2.45, 2.75) is 31.1 Å². The number of carbonyl (C=O) groups excluding carboxylic acids is 2. The van der Waals surface area contributed by atoms with E-state index < -0.39 is 38.8 Å². The van der Waals surface area contributed by atoms with Gasteiger partial charge in [0.15, 0.2) is 0 Å². The molecule has 0 unspecified atom stereocenters. The van der Waals surface area contributed by atoms with Crippen molar-refractivity contribution in [3.05, 3.63) is 83.8 Å². The third-order valence-electron chi connectivity index (χ3n) is 4.86. The molecule has 0 aliphatic rings. The van der Waals surface area contributed by atoms with E-state index in [1.54, 1.807) is 19.1 Å². The van der Waals surface area contributed by atoms with Crippen LogP contribution in [-0.4, -0.2) is 38.5 Å². The smallest absolute Gasteiger partial charge is 0.416 e. The molecule has 13 heteroatoms. The van der Waals surface area contributed by atoms with E-state index in [0.29, 0.717) is 17.4 Å². The molecule has 0 spiro atoms. The van der Waals surface area contributed by atoms with Gasteiger partial charge in [-0.1, -0.05) is 18.2 Å². The fraction of sp³-hybridized carbons (Fsp3) is 0.250. The molecule has 3 rings (SSSR count). The average Bonchev–Trinajstić information content (AvgIpc) is 3.36. The molecule has 1 aromatic heterocycles. The lowest BCUT2D eigenvalue weighted by atomic mass is 10.2. The van der Waals surface area contributed by atoms with Crippen molar-refractivity contribution in [3.8, 4) is 5.75 Å². The molecule has 0 atom stereocenters. The largest absolute Gasteiger partial charge is 0.467 e. The Morgan fingerprint density at radius 3 is 2.38 bits per heavy atom. The van der Waals surface area contributed by atoms with Crippen LogP contribution in [0, 0.1) is 0 Å². The maximum absolute atomic E-state index is 12.9. The molecular weight excluding hydrogens is 517 g/mol. The van der Waals surface area contributed by atoms with E-state index in [9.17, 15) is 31.2 Å². The number of rotatable bonds is 10. The van der Waals surface area contributed by atoms with Gasteiger partial charge in [-0.05, 0) is 55.0 Å². The number of hydrogen-bond donors (Lipinski definition) is 1. The van der Waals surface area contributed by atoms with Gasteiger partial charge in [-0.3, -0.25) is 4.79 Å². The number of benzene rings is 2. The Hall–Kier alpha value is -4.00. The average molecular weight is 541 g/mol. The number of furan rings is 1. The highest BCUT2D eigenvalue weighted by atomic mass is 32.2. The van der Waals surface area contributed by atoms with Gasteiger partial charge >= 0.3 is 28.3 Å². The maximum Gasteiger partial charge on any atom is 0.416 e. The first-order valence-corrected chi connectivity index (χ1v) is 12.3. The van der Waals surface area contributed by atoms with E-state index in [0.717, 1.165) is 18.2 Å². The molecule has 37 heavy (non-hydrogen) atoms. The van der Waals surface area contributed by atoms with Crippen LogP contribution in [0.15, 0.2) is 76.2 Å². The monoisotopic (exact) mass is 540 g/mol. The van der Waals surface area contributed by atoms with E-state index >= 15 is 0 Å². The van der Waals surface area contributed by atoms with Crippen molar-refractivity contribution in [3.63, 3.8) is 0 Å². The number of urea groups is 1. The number of halogens is 3. The molecule has 2 amide bonds. The van der Waals surface area contributed by atoms with E-state index in [4.69, 9.17) is 13.3 Å². The molecule has 1 heterocycles. The first-order chi connectivity index (χ1) is 17.5. The molecule has 1 N–H and O–H groups in total. The summed E-state index contributed by atoms with van der Waals surface area (Å²) < 4.78 is 78.8. The number of alkyl halides is 3. The van der Waals surface area contributed by atoms with E-state index in [1.807, 2.05) is 0 Å². The van der Waals surface area contributed by atoms with Crippen molar-refractivity contribution >= 4 is 22.1 Å². The fourth-order valence-corrected chi connectivity index (χ4v) is 4.11. The van der Waals surface area contributed by atoms with Crippen LogP contribution in [0.25, 0.3) is 0 Å². The van der Waals surface area contributed by atoms with Gasteiger partial charge in [-0.25, -0.2) is 4.79 Å². The number of amides is 2. The van der Waals surface area contributed by atoms with Gasteiger partial charge in [0.05, 0.1) is 25.0 Å². The third kappa shape index (κ3) is 8.00.